The third kappa shape index (κ3) is 1.99. The summed E-state index contributed by atoms with van der Waals surface area (Å²) in [5, 5.41) is 26.4. The van der Waals surface area contributed by atoms with Gasteiger partial charge in [-0.05, 0) is 0 Å². The quantitative estimate of drug-likeness (QED) is 0.476. The SMILES string of the molecule is O=C(O)/C(O)=C(\O)c1ccccc1. The zero-order chi connectivity index (χ0) is 9.84. The number of hydrogen-bond acceptors (Lipinski definition) is 3. The number of aliphatic hydroxyl groups excluding tert-OH is 2. The first-order chi connectivity index (χ1) is 6.13. The largest absolute Gasteiger partial charge is 0.504 e. The van der Waals surface area contributed by atoms with Crippen LogP contribution in [0.2, 0.25) is 0 Å². The first kappa shape index (κ1) is 9.12. The number of carboxylic acid groups (broad SMARTS) is 1. The maximum atomic E-state index is 10.2. The smallest absolute Gasteiger partial charge is 0.374 e. The molecule has 0 unspecified atom stereocenters. The van der Waals surface area contributed by atoms with Crippen molar-refractivity contribution >= 4 is 11.7 Å². The molecule has 4 nitrogen and oxygen atoms in total. The molecule has 1 aromatic rings. The molecule has 0 aromatic heterocycles. The van der Waals surface area contributed by atoms with Gasteiger partial charge in [0.2, 0.25) is 5.76 Å². The highest BCUT2D eigenvalue weighted by Gasteiger charge is 2.12. The molecular weight excluding hydrogens is 172 g/mol. The maximum Gasteiger partial charge on any atom is 0.374 e. The van der Waals surface area contributed by atoms with E-state index in [0.717, 1.165) is 0 Å². The van der Waals surface area contributed by atoms with Crippen molar-refractivity contribution < 1.29 is 20.1 Å². The molecule has 13 heavy (non-hydrogen) atoms. The Morgan fingerprint density at radius 1 is 1.00 bits per heavy atom. The molecule has 0 aliphatic heterocycles. The van der Waals surface area contributed by atoms with Crippen LogP contribution in [0.15, 0.2) is 36.1 Å². The number of carboxylic acids is 1. The van der Waals surface area contributed by atoms with Gasteiger partial charge in [0.05, 0.1) is 0 Å². The lowest BCUT2D eigenvalue weighted by Crippen LogP contribution is -2.02. The second-order valence-corrected chi connectivity index (χ2v) is 2.37. The summed E-state index contributed by atoms with van der Waals surface area (Å²) in [5.74, 6) is -3.24. The number of hydrogen-bond donors (Lipinski definition) is 3. The topological polar surface area (TPSA) is 77.8 Å². The van der Waals surface area contributed by atoms with Crippen molar-refractivity contribution in [1.29, 1.82) is 0 Å². The molecule has 0 fully saturated rings. The number of rotatable bonds is 2. The van der Waals surface area contributed by atoms with Gasteiger partial charge in [0.1, 0.15) is 0 Å². The second-order valence-electron chi connectivity index (χ2n) is 2.37. The van der Waals surface area contributed by atoms with Crippen LogP contribution in [0.3, 0.4) is 0 Å². The highest BCUT2D eigenvalue weighted by atomic mass is 16.4. The molecule has 0 heterocycles. The molecule has 0 aliphatic carbocycles. The predicted molar refractivity (Wildman–Crippen MR) is 46.3 cm³/mol. The van der Waals surface area contributed by atoms with Gasteiger partial charge in [-0.1, -0.05) is 30.3 Å². The number of benzene rings is 1. The van der Waals surface area contributed by atoms with Crippen LogP contribution >= 0.6 is 0 Å². The molecule has 0 amide bonds. The average Bonchev–Trinajstić information content (AvgIpc) is 2.17. The zero-order valence-electron chi connectivity index (χ0n) is 6.64. The van der Waals surface area contributed by atoms with Gasteiger partial charge in [0, 0.05) is 5.56 Å². The summed E-state index contributed by atoms with van der Waals surface area (Å²) in [4.78, 5) is 10.2. The van der Waals surface area contributed by atoms with Crippen molar-refractivity contribution in [2.75, 3.05) is 0 Å². The standard InChI is InChI=1S/C9H8O4/c10-7(8(11)9(12)13)6-4-2-1-3-5-6/h1-5,10-11H,(H,12,13)/b8-7+. The van der Waals surface area contributed by atoms with E-state index in [-0.39, 0.29) is 5.56 Å². The van der Waals surface area contributed by atoms with Crippen molar-refractivity contribution in [1.82, 2.24) is 0 Å². The predicted octanol–water partition coefficient (Wildman–Crippen LogP) is 1.56. The molecule has 0 spiro atoms. The summed E-state index contributed by atoms with van der Waals surface area (Å²) in [6.07, 6.45) is 0. The van der Waals surface area contributed by atoms with Gasteiger partial charge in [0.15, 0.2) is 5.76 Å². The van der Waals surface area contributed by atoms with E-state index in [9.17, 15) is 9.90 Å². The molecule has 0 aliphatic rings. The maximum absolute atomic E-state index is 10.2. The van der Waals surface area contributed by atoms with Crippen molar-refractivity contribution in [3.8, 4) is 0 Å². The lowest BCUT2D eigenvalue weighted by Gasteiger charge is -2.00. The van der Waals surface area contributed by atoms with E-state index < -0.39 is 17.5 Å². The molecule has 4 heteroatoms. The number of aliphatic hydroxyl groups is 2. The van der Waals surface area contributed by atoms with Crippen LogP contribution in [0.5, 0.6) is 0 Å². The molecule has 0 atom stereocenters. The van der Waals surface area contributed by atoms with Gasteiger partial charge >= 0.3 is 5.97 Å². The Labute approximate surface area is 74.4 Å². The summed E-state index contributed by atoms with van der Waals surface area (Å²) < 4.78 is 0. The van der Waals surface area contributed by atoms with Crippen molar-refractivity contribution in [3.63, 3.8) is 0 Å². The van der Waals surface area contributed by atoms with Crippen LogP contribution in [0.4, 0.5) is 0 Å². The minimum atomic E-state index is -1.55. The van der Waals surface area contributed by atoms with E-state index in [1.54, 1.807) is 18.2 Å². The molecule has 3 N–H and O–H groups in total. The molecule has 1 rings (SSSR count). The fourth-order valence-corrected chi connectivity index (χ4v) is 0.834. The summed E-state index contributed by atoms with van der Waals surface area (Å²) >= 11 is 0. The third-order valence-electron chi connectivity index (χ3n) is 1.47. The second kappa shape index (κ2) is 3.62. The van der Waals surface area contributed by atoms with E-state index in [4.69, 9.17) is 10.2 Å². The first-order valence-electron chi connectivity index (χ1n) is 3.54. The van der Waals surface area contributed by atoms with Crippen LogP contribution in [0.1, 0.15) is 5.56 Å². The third-order valence-corrected chi connectivity index (χ3v) is 1.47. The summed E-state index contributed by atoms with van der Waals surface area (Å²) in [6, 6.07) is 7.96. The van der Waals surface area contributed by atoms with E-state index in [2.05, 4.69) is 0 Å². The summed E-state index contributed by atoms with van der Waals surface area (Å²) in [7, 11) is 0. The molecule has 1 aromatic carbocycles. The Bertz CT molecular complexity index is 340. The van der Waals surface area contributed by atoms with Crippen LogP contribution in [0, 0.1) is 0 Å². The van der Waals surface area contributed by atoms with E-state index in [1.165, 1.54) is 12.1 Å². The Morgan fingerprint density at radius 2 is 1.54 bits per heavy atom. The average molecular weight is 180 g/mol. The molecule has 0 radical (unpaired) electrons. The van der Waals surface area contributed by atoms with Gasteiger partial charge in [0.25, 0.3) is 0 Å². The minimum absolute atomic E-state index is 0.266. The summed E-state index contributed by atoms with van der Waals surface area (Å²) in [5.41, 5.74) is 0.266. The van der Waals surface area contributed by atoms with Gasteiger partial charge in [-0.3, -0.25) is 0 Å². The van der Waals surface area contributed by atoms with Gasteiger partial charge in [-0.15, -0.1) is 0 Å². The first-order valence-corrected chi connectivity index (χ1v) is 3.54. The lowest BCUT2D eigenvalue weighted by molar-refractivity contribution is -0.135. The minimum Gasteiger partial charge on any atom is -0.504 e. The molecular formula is C9H8O4. The fourth-order valence-electron chi connectivity index (χ4n) is 0.834. The van der Waals surface area contributed by atoms with Crippen molar-refractivity contribution in [2.24, 2.45) is 0 Å². The number of aliphatic carboxylic acids is 1. The fraction of sp³-hybridized carbons (Fsp3) is 0. The Morgan fingerprint density at radius 3 is 2.00 bits per heavy atom. The molecule has 0 saturated heterocycles. The van der Waals surface area contributed by atoms with Gasteiger partial charge in [-0.2, -0.15) is 0 Å². The van der Waals surface area contributed by atoms with E-state index in [1.807, 2.05) is 0 Å². The molecule has 0 saturated carbocycles. The molecule has 68 valence electrons. The lowest BCUT2D eigenvalue weighted by atomic mass is 10.2. The van der Waals surface area contributed by atoms with E-state index >= 15 is 0 Å². The van der Waals surface area contributed by atoms with Crippen LogP contribution in [0.25, 0.3) is 5.76 Å². The zero-order valence-corrected chi connectivity index (χ0v) is 6.64. The van der Waals surface area contributed by atoms with Crippen molar-refractivity contribution in [2.45, 2.75) is 0 Å². The van der Waals surface area contributed by atoms with Crippen LogP contribution in [-0.2, 0) is 4.79 Å². The van der Waals surface area contributed by atoms with Crippen LogP contribution in [-0.4, -0.2) is 21.3 Å². The Balaban J connectivity index is 3.11. The Hall–Kier alpha value is -1.97. The Kier molecular flexibility index (Phi) is 2.54. The monoisotopic (exact) mass is 180 g/mol. The number of carbonyl (C=O) groups is 1. The highest BCUT2D eigenvalue weighted by Crippen LogP contribution is 2.13. The van der Waals surface area contributed by atoms with E-state index in [0.29, 0.717) is 0 Å². The molecule has 0 bridgehead atoms. The normalized spacial score (nSPS) is 12.0. The van der Waals surface area contributed by atoms with Crippen molar-refractivity contribution in [3.05, 3.63) is 41.7 Å². The van der Waals surface area contributed by atoms with Gasteiger partial charge in [-0.25, -0.2) is 4.79 Å². The van der Waals surface area contributed by atoms with Gasteiger partial charge < -0.3 is 15.3 Å². The van der Waals surface area contributed by atoms with Crippen LogP contribution < -0.4 is 0 Å². The summed E-state index contributed by atoms with van der Waals surface area (Å²) in [6.45, 7) is 0. The highest BCUT2D eigenvalue weighted by molar-refractivity contribution is 5.91.